The molecule has 176 valence electrons. The minimum absolute atomic E-state index is 0.0808. The number of quaternary nitrogens is 1. The van der Waals surface area contributed by atoms with Gasteiger partial charge >= 0.3 is 5.97 Å². The van der Waals surface area contributed by atoms with Gasteiger partial charge < -0.3 is 14.3 Å². The van der Waals surface area contributed by atoms with Crippen molar-refractivity contribution in [2.75, 3.05) is 34.3 Å². The molecule has 3 saturated carbocycles. The number of fused-ring (bicyclic) bond motifs is 5. The summed E-state index contributed by atoms with van der Waals surface area (Å²) >= 11 is 0. The predicted octanol–water partition coefficient (Wildman–Crippen LogP) is 2.84. The molecule has 0 aliphatic heterocycles. The molecule has 0 saturated heterocycles. The van der Waals surface area contributed by atoms with E-state index in [9.17, 15) is 19.5 Å². The summed E-state index contributed by atoms with van der Waals surface area (Å²) < 4.78 is 5.70. The van der Waals surface area contributed by atoms with Crippen LogP contribution in [0.1, 0.15) is 52.4 Å². The molecule has 0 aromatic rings. The average Bonchev–Trinajstić information content (AvgIpc) is 2.97. The molecule has 3 fully saturated rings. The molecule has 6 heteroatoms. The summed E-state index contributed by atoms with van der Waals surface area (Å²) in [5, 5.41) is 11.7. The highest BCUT2D eigenvalue weighted by molar-refractivity contribution is 6.01. The number of allylic oxidation sites excluding steroid dienone is 4. The molecule has 1 N–H and O–H groups in total. The van der Waals surface area contributed by atoms with Gasteiger partial charge in [0.2, 0.25) is 5.78 Å². The first-order valence-corrected chi connectivity index (χ1v) is 12.0. The van der Waals surface area contributed by atoms with Gasteiger partial charge in [-0.05, 0) is 68.4 Å². The van der Waals surface area contributed by atoms with Crippen LogP contribution in [0.3, 0.4) is 0 Å². The molecule has 6 nitrogen and oxygen atoms in total. The van der Waals surface area contributed by atoms with Crippen LogP contribution in [0.15, 0.2) is 23.8 Å². The zero-order chi connectivity index (χ0) is 23.5. The van der Waals surface area contributed by atoms with Crippen molar-refractivity contribution in [1.82, 2.24) is 0 Å². The highest BCUT2D eigenvalue weighted by Gasteiger charge is 2.66. The van der Waals surface area contributed by atoms with Crippen LogP contribution in [-0.4, -0.2) is 67.0 Å². The largest absolute Gasteiger partial charge is 0.453 e. The minimum atomic E-state index is -1.45. The number of rotatable bonds is 5. The zero-order valence-electron chi connectivity index (χ0n) is 20.1. The molecule has 0 unspecified atom stereocenters. The second kappa shape index (κ2) is 7.63. The molecule has 0 bridgehead atoms. The fraction of sp³-hybridized carbons (Fsp3) is 0.731. The lowest BCUT2D eigenvalue weighted by Gasteiger charge is -2.57. The smallest absolute Gasteiger partial charge is 0.362 e. The molecule has 32 heavy (non-hydrogen) atoms. The normalized spacial score (nSPS) is 40.8. The van der Waals surface area contributed by atoms with Crippen LogP contribution in [0, 0.1) is 28.6 Å². The molecule has 4 rings (SSSR count). The number of ketones is 2. The van der Waals surface area contributed by atoms with Gasteiger partial charge in [0.15, 0.2) is 18.9 Å². The first kappa shape index (κ1) is 23.4. The molecule has 0 amide bonds. The molecule has 6 atom stereocenters. The van der Waals surface area contributed by atoms with Gasteiger partial charge in [-0.3, -0.25) is 9.59 Å². The SMILES string of the molecule is C[C@]12CC[C@H]3[C@H](CCC4=CC(=O)C=C[C@]43C)[C@@H]1CC[C@]2(O)C(=O)COC(=O)C[N+](C)(C)C. The van der Waals surface area contributed by atoms with Crippen molar-refractivity contribution in [2.45, 2.75) is 58.0 Å². The van der Waals surface area contributed by atoms with Gasteiger partial charge in [-0.2, -0.15) is 0 Å². The highest BCUT2D eigenvalue weighted by Crippen LogP contribution is 2.67. The molecule has 4 aliphatic rings. The highest BCUT2D eigenvalue weighted by atomic mass is 16.5. The van der Waals surface area contributed by atoms with E-state index >= 15 is 0 Å². The molecular weight excluding hydrogens is 406 g/mol. The number of hydrogen-bond donors (Lipinski definition) is 1. The second-order valence-electron chi connectivity index (χ2n) is 12.0. The number of ether oxygens (including phenoxy) is 1. The third-order valence-corrected chi connectivity index (χ3v) is 9.14. The van der Waals surface area contributed by atoms with E-state index in [0.29, 0.717) is 22.7 Å². The Hall–Kier alpha value is -1.79. The van der Waals surface area contributed by atoms with E-state index in [0.717, 1.165) is 32.1 Å². The second-order valence-corrected chi connectivity index (χ2v) is 12.0. The quantitative estimate of drug-likeness (QED) is 0.521. The average molecular weight is 445 g/mol. The van der Waals surface area contributed by atoms with Gasteiger partial charge in [0.25, 0.3) is 0 Å². The maximum absolute atomic E-state index is 13.2. The maximum atomic E-state index is 13.2. The molecule has 0 aromatic heterocycles. The molecule has 0 radical (unpaired) electrons. The summed E-state index contributed by atoms with van der Waals surface area (Å²) in [6, 6.07) is 0. The fourth-order valence-electron chi connectivity index (χ4n) is 7.37. The lowest BCUT2D eigenvalue weighted by Crippen LogP contribution is -2.58. The van der Waals surface area contributed by atoms with Gasteiger partial charge in [-0.25, -0.2) is 4.79 Å². The Balaban J connectivity index is 1.51. The fourth-order valence-corrected chi connectivity index (χ4v) is 7.37. The van der Waals surface area contributed by atoms with E-state index in [1.165, 1.54) is 5.57 Å². The van der Waals surface area contributed by atoms with Gasteiger partial charge in [0, 0.05) is 10.8 Å². The van der Waals surface area contributed by atoms with Gasteiger partial charge in [0.05, 0.1) is 21.1 Å². The van der Waals surface area contributed by atoms with E-state index in [2.05, 4.69) is 19.9 Å². The Morgan fingerprint density at radius 3 is 2.50 bits per heavy atom. The van der Waals surface area contributed by atoms with E-state index in [4.69, 9.17) is 4.74 Å². The number of hydrogen-bond acceptors (Lipinski definition) is 5. The number of carbonyl (C=O) groups is 3. The summed E-state index contributed by atoms with van der Waals surface area (Å²) in [5.74, 6) is 0.386. The van der Waals surface area contributed by atoms with Crippen molar-refractivity contribution in [3.8, 4) is 0 Å². The number of esters is 1. The summed E-state index contributed by atoms with van der Waals surface area (Å²) in [6.07, 6.45) is 10.4. The number of carbonyl (C=O) groups excluding carboxylic acids is 3. The molecular formula is C26H38NO5+. The minimum Gasteiger partial charge on any atom is -0.453 e. The Kier molecular flexibility index (Phi) is 5.57. The van der Waals surface area contributed by atoms with E-state index in [1.54, 1.807) is 6.08 Å². The van der Waals surface area contributed by atoms with Gasteiger partial charge in [-0.15, -0.1) is 0 Å². The van der Waals surface area contributed by atoms with Crippen molar-refractivity contribution in [3.05, 3.63) is 23.8 Å². The van der Waals surface area contributed by atoms with E-state index in [-0.39, 0.29) is 36.1 Å². The third kappa shape index (κ3) is 3.60. The van der Waals surface area contributed by atoms with Crippen LogP contribution in [0.4, 0.5) is 0 Å². The number of Topliss-reactive ketones (excluding diaryl/α,β-unsaturated/α-hetero) is 1. The van der Waals surface area contributed by atoms with E-state index < -0.39 is 17.0 Å². The Morgan fingerprint density at radius 1 is 1.12 bits per heavy atom. The maximum Gasteiger partial charge on any atom is 0.362 e. The Morgan fingerprint density at radius 2 is 1.81 bits per heavy atom. The number of aliphatic hydroxyl groups is 1. The molecule has 0 aromatic carbocycles. The lowest BCUT2D eigenvalue weighted by molar-refractivity contribution is -0.862. The lowest BCUT2D eigenvalue weighted by atomic mass is 9.47. The number of likely N-dealkylation sites (N-methyl/N-ethyl adjacent to an activating group) is 1. The summed E-state index contributed by atoms with van der Waals surface area (Å²) in [5.41, 5.74) is -0.828. The first-order chi connectivity index (χ1) is 14.8. The van der Waals surface area contributed by atoms with Crippen molar-refractivity contribution < 1.29 is 28.7 Å². The van der Waals surface area contributed by atoms with Gasteiger partial charge in [-0.1, -0.05) is 25.5 Å². The van der Waals surface area contributed by atoms with Crippen molar-refractivity contribution >= 4 is 17.5 Å². The standard InChI is InChI=1S/C26H38NO5/c1-24-11-8-18(28)14-17(24)6-7-19-20(24)9-12-25(2)21(19)10-13-26(25,31)22(29)16-32-23(30)15-27(3,4)5/h8,11,14,19-21,31H,6-7,9-10,12-13,15-16H2,1-5H3/q+1/t19-,20-,21-,24+,25-,26-/m0/s1. The first-order valence-electron chi connectivity index (χ1n) is 12.0. The molecule has 0 heterocycles. The van der Waals surface area contributed by atoms with Crippen LogP contribution in [0.5, 0.6) is 0 Å². The Bertz CT molecular complexity index is 898. The van der Waals surface area contributed by atoms with Crippen LogP contribution in [0.25, 0.3) is 0 Å². The van der Waals surface area contributed by atoms with Crippen LogP contribution >= 0.6 is 0 Å². The van der Waals surface area contributed by atoms with Crippen molar-refractivity contribution in [1.29, 1.82) is 0 Å². The number of nitrogens with zero attached hydrogens (tertiary/aromatic N) is 1. The van der Waals surface area contributed by atoms with Crippen LogP contribution in [-0.2, 0) is 19.1 Å². The zero-order valence-corrected chi connectivity index (χ0v) is 20.1. The molecule has 4 aliphatic carbocycles. The molecule has 0 spiro atoms. The summed E-state index contributed by atoms with van der Waals surface area (Å²) in [4.78, 5) is 37.2. The van der Waals surface area contributed by atoms with Crippen LogP contribution in [0.2, 0.25) is 0 Å². The van der Waals surface area contributed by atoms with Crippen LogP contribution < -0.4 is 0 Å². The third-order valence-electron chi connectivity index (χ3n) is 9.14. The Labute approximate surface area is 191 Å². The topological polar surface area (TPSA) is 80.7 Å². The van der Waals surface area contributed by atoms with Gasteiger partial charge in [0.1, 0.15) is 5.60 Å². The monoisotopic (exact) mass is 444 g/mol. The van der Waals surface area contributed by atoms with E-state index in [1.807, 2.05) is 27.2 Å². The summed E-state index contributed by atoms with van der Waals surface area (Å²) in [6.45, 7) is 4.14. The van der Waals surface area contributed by atoms with Crippen molar-refractivity contribution in [2.24, 2.45) is 28.6 Å². The van der Waals surface area contributed by atoms with Crippen molar-refractivity contribution in [3.63, 3.8) is 0 Å². The predicted molar refractivity (Wildman–Crippen MR) is 120 cm³/mol. The summed E-state index contributed by atoms with van der Waals surface area (Å²) in [7, 11) is 5.67.